The molecule has 0 saturated carbocycles. The van der Waals surface area contributed by atoms with Crippen molar-refractivity contribution in [2.75, 3.05) is 32.8 Å². The minimum absolute atomic E-state index is 0.0382. The Kier molecular flexibility index (Phi) is 8.36. The van der Waals surface area contributed by atoms with Crippen LogP contribution in [0.1, 0.15) is 50.8 Å². The van der Waals surface area contributed by atoms with Crippen LogP contribution in [0.3, 0.4) is 0 Å². The van der Waals surface area contributed by atoms with E-state index in [1.165, 1.54) is 10.4 Å². The maximum absolute atomic E-state index is 13.9. The lowest BCUT2D eigenvalue weighted by Crippen LogP contribution is -2.49. The van der Waals surface area contributed by atoms with Gasteiger partial charge < -0.3 is 19.3 Å². The number of fused-ring (bicyclic) bond motifs is 1. The summed E-state index contributed by atoms with van der Waals surface area (Å²) in [7, 11) is 0. The molecule has 5 rings (SSSR count). The Morgan fingerprint density at radius 1 is 1.18 bits per heavy atom. The lowest BCUT2D eigenvalue weighted by molar-refractivity contribution is -0.135. The molecule has 200 valence electrons. The number of hydrogen-bond donors (Lipinski definition) is 0. The van der Waals surface area contributed by atoms with Crippen LogP contribution < -0.4 is 4.74 Å². The van der Waals surface area contributed by atoms with Crippen LogP contribution in [0.5, 0.6) is 5.75 Å². The lowest BCUT2D eigenvalue weighted by atomic mass is 10.00. The second-order valence-electron chi connectivity index (χ2n) is 10.0. The summed E-state index contributed by atoms with van der Waals surface area (Å²) in [6.45, 7) is 6.02. The summed E-state index contributed by atoms with van der Waals surface area (Å²) < 4.78 is 12.1. The number of halogens is 1. The van der Waals surface area contributed by atoms with Crippen molar-refractivity contribution in [2.45, 2.75) is 45.3 Å². The van der Waals surface area contributed by atoms with Crippen LogP contribution in [-0.4, -0.2) is 60.6 Å². The summed E-state index contributed by atoms with van der Waals surface area (Å²) in [5, 5.41) is 2.45. The van der Waals surface area contributed by atoms with Crippen LogP contribution in [0, 0.1) is 13.8 Å². The molecule has 0 radical (unpaired) electrons. The number of aryl methyl sites for hydroxylation is 2. The maximum Gasteiger partial charge on any atom is 0.255 e. The largest absolute Gasteiger partial charge is 0.491 e. The number of ether oxygens (including phenoxy) is 2. The molecule has 1 fully saturated rings. The molecule has 0 bridgehead atoms. The van der Waals surface area contributed by atoms with E-state index < -0.39 is 0 Å². The molecule has 0 N–H and O–H groups in total. The quantitative estimate of drug-likeness (QED) is 0.352. The Hall–Kier alpha value is -2.87. The van der Waals surface area contributed by atoms with Gasteiger partial charge in [0.1, 0.15) is 18.9 Å². The Balaban J connectivity index is 1.37. The van der Waals surface area contributed by atoms with Crippen LogP contribution in [0.4, 0.5) is 0 Å². The average molecular weight is 553 g/mol. The van der Waals surface area contributed by atoms with Crippen LogP contribution >= 0.6 is 22.9 Å². The van der Waals surface area contributed by atoms with Gasteiger partial charge in [-0.2, -0.15) is 0 Å². The van der Waals surface area contributed by atoms with E-state index in [-0.39, 0.29) is 30.5 Å². The SMILES string of the molecule is Cc1ccc(OC[C@H]2c3ccsc3CCN2C(=O)CN(C[C@@H]2CCCO2)C(=O)c2ccccc2Cl)c(C)c1. The first-order valence-corrected chi connectivity index (χ1v) is 14.4. The van der Waals surface area contributed by atoms with E-state index in [0.29, 0.717) is 36.9 Å². The fourth-order valence-corrected chi connectivity index (χ4v) is 6.46. The summed E-state index contributed by atoms with van der Waals surface area (Å²) in [5.41, 5.74) is 3.77. The van der Waals surface area contributed by atoms with Gasteiger partial charge in [-0.15, -0.1) is 11.3 Å². The van der Waals surface area contributed by atoms with E-state index in [0.717, 1.165) is 36.1 Å². The third kappa shape index (κ3) is 5.90. The van der Waals surface area contributed by atoms with E-state index >= 15 is 0 Å². The molecule has 6 nitrogen and oxygen atoms in total. The molecule has 2 aromatic carbocycles. The maximum atomic E-state index is 13.9. The first kappa shape index (κ1) is 26.7. The van der Waals surface area contributed by atoms with Gasteiger partial charge in [-0.1, -0.05) is 41.4 Å². The fourth-order valence-electron chi connectivity index (χ4n) is 5.32. The highest BCUT2D eigenvalue weighted by atomic mass is 35.5. The molecule has 2 atom stereocenters. The van der Waals surface area contributed by atoms with Crippen LogP contribution in [0.25, 0.3) is 0 Å². The summed E-state index contributed by atoms with van der Waals surface area (Å²) >= 11 is 8.08. The van der Waals surface area contributed by atoms with E-state index in [1.54, 1.807) is 40.5 Å². The highest BCUT2D eigenvalue weighted by Crippen LogP contribution is 2.34. The molecule has 1 aromatic heterocycles. The van der Waals surface area contributed by atoms with Crippen molar-refractivity contribution in [1.29, 1.82) is 0 Å². The summed E-state index contributed by atoms with van der Waals surface area (Å²) in [5.74, 6) is 0.462. The van der Waals surface area contributed by atoms with Gasteiger partial charge in [-0.25, -0.2) is 0 Å². The van der Waals surface area contributed by atoms with Gasteiger partial charge in [-0.3, -0.25) is 9.59 Å². The molecule has 38 heavy (non-hydrogen) atoms. The van der Waals surface area contributed by atoms with Crippen molar-refractivity contribution < 1.29 is 19.1 Å². The normalized spacial score (nSPS) is 18.8. The Labute approximate surface area is 233 Å². The molecule has 2 aliphatic heterocycles. The Bertz CT molecular complexity index is 1300. The zero-order valence-corrected chi connectivity index (χ0v) is 23.4. The first-order chi connectivity index (χ1) is 18.4. The third-order valence-electron chi connectivity index (χ3n) is 7.31. The molecule has 0 aliphatic carbocycles. The Morgan fingerprint density at radius 2 is 2.03 bits per heavy atom. The second kappa shape index (κ2) is 11.9. The molecular formula is C30H33ClN2O4S. The number of rotatable bonds is 8. The fraction of sp³-hybridized carbons (Fsp3) is 0.400. The molecule has 3 heterocycles. The molecule has 1 saturated heterocycles. The van der Waals surface area contributed by atoms with Gasteiger partial charge >= 0.3 is 0 Å². The number of nitrogens with zero attached hydrogens (tertiary/aromatic N) is 2. The zero-order chi connectivity index (χ0) is 26.6. The standard InChI is InChI=1S/C30H33ClN2O4S/c1-20-9-10-27(21(2)16-20)37-19-26-24-12-15-38-28(24)11-13-33(26)29(34)18-32(17-22-6-5-14-36-22)30(35)23-7-3-4-8-25(23)31/h3-4,7-10,12,15-16,22,26H,5-6,11,13-14,17-19H2,1-2H3/t22-,26-/m0/s1. The number of thiophene rings is 1. The minimum Gasteiger partial charge on any atom is -0.491 e. The van der Waals surface area contributed by atoms with Gasteiger partial charge in [0.05, 0.1) is 22.7 Å². The number of benzene rings is 2. The van der Waals surface area contributed by atoms with E-state index in [4.69, 9.17) is 21.1 Å². The monoisotopic (exact) mass is 552 g/mol. The molecular weight excluding hydrogens is 520 g/mol. The lowest BCUT2D eigenvalue weighted by Gasteiger charge is -2.37. The van der Waals surface area contributed by atoms with Crippen LogP contribution in [0.2, 0.25) is 5.02 Å². The van der Waals surface area contributed by atoms with Crippen molar-refractivity contribution in [3.8, 4) is 5.75 Å². The van der Waals surface area contributed by atoms with Crippen molar-refractivity contribution in [3.63, 3.8) is 0 Å². The number of carbonyl (C=O) groups is 2. The van der Waals surface area contributed by atoms with Gasteiger partial charge in [0.25, 0.3) is 5.91 Å². The zero-order valence-electron chi connectivity index (χ0n) is 21.8. The van der Waals surface area contributed by atoms with Crippen molar-refractivity contribution in [2.24, 2.45) is 0 Å². The minimum atomic E-state index is -0.254. The van der Waals surface area contributed by atoms with Gasteiger partial charge in [-0.05, 0) is 73.9 Å². The summed E-state index contributed by atoms with van der Waals surface area (Å²) in [4.78, 5) is 32.2. The predicted molar refractivity (Wildman–Crippen MR) is 150 cm³/mol. The smallest absolute Gasteiger partial charge is 0.255 e. The predicted octanol–water partition coefficient (Wildman–Crippen LogP) is 5.84. The van der Waals surface area contributed by atoms with Gasteiger partial charge in [0, 0.05) is 24.6 Å². The Morgan fingerprint density at radius 3 is 2.79 bits per heavy atom. The average Bonchev–Trinajstić information content (AvgIpc) is 3.60. The molecule has 0 unspecified atom stereocenters. The first-order valence-electron chi connectivity index (χ1n) is 13.1. The summed E-state index contributed by atoms with van der Waals surface area (Å²) in [6.07, 6.45) is 2.54. The highest BCUT2D eigenvalue weighted by Gasteiger charge is 2.35. The van der Waals surface area contributed by atoms with Crippen LogP contribution in [-0.2, 0) is 16.0 Å². The molecule has 3 aromatic rings. The topological polar surface area (TPSA) is 59.1 Å². The molecule has 0 spiro atoms. The van der Waals surface area contributed by atoms with Gasteiger partial charge in [0.15, 0.2) is 0 Å². The number of carbonyl (C=O) groups excluding carboxylic acids is 2. The van der Waals surface area contributed by atoms with Crippen molar-refractivity contribution in [1.82, 2.24) is 9.80 Å². The van der Waals surface area contributed by atoms with Crippen molar-refractivity contribution in [3.05, 3.63) is 86.1 Å². The van der Waals surface area contributed by atoms with E-state index in [2.05, 4.69) is 24.4 Å². The van der Waals surface area contributed by atoms with E-state index in [1.807, 2.05) is 24.0 Å². The van der Waals surface area contributed by atoms with Crippen molar-refractivity contribution >= 4 is 34.8 Å². The van der Waals surface area contributed by atoms with Gasteiger partial charge in [0.2, 0.25) is 5.91 Å². The van der Waals surface area contributed by atoms with Crippen LogP contribution in [0.15, 0.2) is 53.9 Å². The highest BCUT2D eigenvalue weighted by molar-refractivity contribution is 7.10. The number of hydrogen-bond acceptors (Lipinski definition) is 5. The number of amides is 2. The third-order valence-corrected chi connectivity index (χ3v) is 8.63. The molecule has 8 heteroatoms. The molecule has 2 amide bonds. The van der Waals surface area contributed by atoms with E-state index in [9.17, 15) is 9.59 Å². The second-order valence-corrected chi connectivity index (χ2v) is 11.4. The molecule has 2 aliphatic rings. The summed E-state index contributed by atoms with van der Waals surface area (Å²) in [6, 6.07) is 15.0.